The standard InChI is InChI=1S/C20H30N2O/c23-20(14-17-6-4-5-7-17)21-15-18-10-12-22(13-11-18)16-19-8-2-1-3-9-19/h1-3,8-9,17-18H,4-7,10-16H2,(H,21,23). The predicted molar refractivity (Wildman–Crippen MR) is 94.0 cm³/mol. The summed E-state index contributed by atoms with van der Waals surface area (Å²) in [7, 11) is 0. The van der Waals surface area contributed by atoms with Crippen molar-refractivity contribution in [3.05, 3.63) is 35.9 Å². The summed E-state index contributed by atoms with van der Waals surface area (Å²) in [6.45, 7) is 4.24. The van der Waals surface area contributed by atoms with Crippen LogP contribution < -0.4 is 5.32 Å². The number of piperidine rings is 1. The maximum Gasteiger partial charge on any atom is 0.220 e. The van der Waals surface area contributed by atoms with Crippen LogP contribution in [0, 0.1) is 11.8 Å². The van der Waals surface area contributed by atoms with Crippen LogP contribution in [-0.4, -0.2) is 30.4 Å². The van der Waals surface area contributed by atoms with E-state index in [1.165, 1.54) is 44.1 Å². The van der Waals surface area contributed by atoms with Crippen molar-refractivity contribution in [2.75, 3.05) is 19.6 Å². The van der Waals surface area contributed by atoms with Gasteiger partial charge in [0.25, 0.3) is 0 Å². The summed E-state index contributed by atoms with van der Waals surface area (Å²) in [5, 5.41) is 3.19. The van der Waals surface area contributed by atoms with Gasteiger partial charge in [0, 0.05) is 19.5 Å². The smallest absolute Gasteiger partial charge is 0.220 e. The van der Waals surface area contributed by atoms with E-state index in [4.69, 9.17) is 0 Å². The Hall–Kier alpha value is -1.35. The second kappa shape index (κ2) is 8.49. The second-order valence-electron chi connectivity index (χ2n) is 7.36. The molecule has 1 saturated heterocycles. The zero-order chi connectivity index (χ0) is 15.9. The van der Waals surface area contributed by atoms with Crippen molar-refractivity contribution in [3.63, 3.8) is 0 Å². The topological polar surface area (TPSA) is 32.3 Å². The molecule has 2 aliphatic rings. The molecule has 0 spiro atoms. The number of likely N-dealkylation sites (tertiary alicyclic amines) is 1. The van der Waals surface area contributed by atoms with Gasteiger partial charge in [-0.15, -0.1) is 0 Å². The Balaban J connectivity index is 1.32. The first-order valence-electron chi connectivity index (χ1n) is 9.32. The molecule has 126 valence electrons. The van der Waals surface area contributed by atoms with Gasteiger partial charge in [-0.05, 0) is 56.2 Å². The lowest BCUT2D eigenvalue weighted by Crippen LogP contribution is -2.38. The summed E-state index contributed by atoms with van der Waals surface area (Å²) in [5.41, 5.74) is 1.40. The van der Waals surface area contributed by atoms with Crippen LogP contribution in [0.4, 0.5) is 0 Å². The number of hydrogen-bond acceptors (Lipinski definition) is 2. The number of carbonyl (C=O) groups excluding carboxylic acids is 1. The average Bonchev–Trinajstić information content (AvgIpc) is 3.08. The van der Waals surface area contributed by atoms with E-state index in [2.05, 4.69) is 40.5 Å². The van der Waals surface area contributed by atoms with Crippen molar-refractivity contribution in [2.45, 2.75) is 51.5 Å². The third-order valence-corrected chi connectivity index (χ3v) is 5.49. The zero-order valence-corrected chi connectivity index (χ0v) is 14.2. The fourth-order valence-corrected chi connectivity index (χ4v) is 4.00. The minimum atomic E-state index is 0.281. The number of rotatable bonds is 6. The molecule has 0 atom stereocenters. The fourth-order valence-electron chi connectivity index (χ4n) is 4.00. The van der Waals surface area contributed by atoms with Crippen LogP contribution in [0.5, 0.6) is 0 Å². The minimum Gasteiger partial charge on any atom is -0.356 e. The highest BCUT2D eigenvalue weighted by Gasteiger charge is 2.21. The molecule has 1 aliphatic carbocycles. The molecule has 3 heteroatoms. The molecule has 0 bridgehead atoms. The number of carbonyl (C=O) groups is 1. The molecule has 3 nitrogen and oxygen atoms in total. The highest BCUT2D eigenvalue weighted by molar-refractivity contribution is 5.76. The molecule has 2 fully saturated rings. The van der Waals surface area contributed by atoms with Crippen molar-refractivity contribution in [1.29, 1.82) is 0 Å². The van der Waals surface area contributed by atoms with Gasteiger partial charge in [-0.25, -0.2) is 0 Å². The van der Waals surface area contributed by atoms with E-state index in [1.54, 1.807) is 0 Å². The lowest BCUT2D eigenvalue weighted by Gasteiger charge is -2.32. The second-order valence-corrected chi connectivity index (χ2v) is 7.36. The number of nitrogens with one attached hydrogen (secondary N) is 1. The maximum atomic E-state index is 12.0. The summed E-state index contributed by atoms with van der Waals surface area (Å²) in [6.07, 6.45) is 8.31. The molecule has 1 heterocycles. The molecule has 1 amide bonds. The lowest BCUT2D eigenvalue weighted by molar-refractivity contribution is -0.122. The van der Waals surface area contributed by atoms with Gasteiger partial charge in [-0.3, -0.25) is 9.69 Å². The Morgan fingerprint density at radius 1 is 1.00 bits per heavy atom. The van der Waals surface area contributed by atoms with Crippen LogP contribution >= 0.6 is 0 Å². The molecule has 1 aromatic rings. The van der Waals surface area contributed by atoms with Crippen LogP contribution in [0.15, 0.2) is 30.3 Å². The number of nitrogens with zero attached hydrogens (tertiary/aromatic N) is 1. The van der Waals surface area contributed by atoms with Crippen LogP contribution in [0.3, 0.4) is 0 Å². The largest absolute Gasteiger partial charge is 0.356 e. The predicted octanol–water partition coefficient (Wildman–Crippen LogP) is 3.60. The first-order chi connectivity index (χ1) is 11.3. The van der Waals surface area contributed by atoms with E-state index in [0.717, 1.165) is 32.6 Å². The molecule has 1 aromatic carbocycles. The number of hydrogen-bond donors (Lipinski definition) is 1. The normalized spacial score (nSPS) is 20.7. The van der Waals surface area contributed by atoms with Gasteiger partial charge < -0.3 is 5.32 Å². The summed E-state index contributed by atoms with van der Waals surface area (Å²) < 4.78 is 0. The molecular formula is C20H30N2O. The number of amides is 1. The van der Waals surface area contributed by atoms with E-state index < -0.39 is 0 Å². The Kier molecular flexibility index (Phi) is 6.09. The van der Waals surface area contributed by atoms with Crippen molar-refractivity contribution in [2.24, 2.45) is 11.8 Å². The van der Waals surface area contributed by atoms with Crippen molar-refractivity contribution in [3.8, 4) is 0 Å². The van der Waals surface area contributed by atoms with Gasteiger partial charge in [-0.1, -0.05) is 43.2 Å². The molecule has 0 aromatic heterocycles. The Morgan fingerprint density at radius 3 is 2.39 bits per heavy atom. The molecule has 23 heavy (non-hydrogen) atoms. The highest BCUT2D eigenvalue weighted by atomic mass is 16.1. The van der Waals surface area contributed by atoms with Crippen molar-refractivity contribution >= 4 is 5.91 Å². The van der Waals surface area contributed by atoms with Crippen molar-refractivity contribution < 1.29 is 4.79 Å². The summed E-state index contributed by atoms with van der Waals surface area (Å²) in [5.74, 6) is 1.60. The van der Waals surface area contributed by atoms with E-state index in [-0.39, 0.29) is 5.91 Å². The van der Waals surface area contributed by atoms with Gasteiger partial charge in [0.05, 0.1) is 0 Å². The SMILES string of the molecule is O=C(CC1CCCC1)NCC1CCN(Cc2ccccc2)CC1. The summed E-state index contributed by atoms with van der Waals surface area (Å²) >= 11 is 0. The maximum absolute atomic E-state index is 12.0. The summed E-state index contributed by atoms with van der Waals surface area (Å²) in [4.78, 5) is 14.6. The van der Waals surface area contributed by atoms with E-state index in [9.17, 15) is 4.79 Å². The van der Waals surface area contributed by atoms with Crippen LogP contribution in [0.1, 0.15) is 50.5 Å². The molecule has 1 saturated carbocycles. The lowest BCUT2D eigenvalue weighted by atomic mass is 9.96. The third kappa shape index (κ3) is 5.35. The van der Waals surface area contributed by atoms with Crippen LogP contribution in [0.25, 0.3) is 0 Å². The Labute approximate surface area is 140 Å². The molecule has 1 N–H and O–H groups in total. The van der Waals surface area contributed by atoms with Crippen LogP contribution in [-0.2, 0) is 11.3 Å². The summed E-state index contributed by atoms with van der Waals surface area (Å²) in [6, 6.07) is 10.7. The van der Waals surface area contributed by atoms with E-state index >= 15 is 0 Å². The van der Waals surface area contributed by atoms with Crippen molar-refractivity contribution in [1.82, 2.24) is 10.2 Å². The molecule has 3 rings (SSSR count). The van der Waals surface area contributed by atoms with Gasteiger partial charge in [0.15, 0.2) is 0 Å². The Morgan fingerprint density at radius 2 is 1.70 bits per heavy atom. The minimum absolute atomic E-state index is 0.281. The molecule has 0 radical (unpaired) electrons. The molecule has 1 aliphatic heterocycles. The first kappa shape index (κ1) is 16.5. The number of benzene rings is 1. The molecule has 0 unspecified atom stereocenters. The monoisotopic (exact) mass is 314 g/mol. The quantitative estimate of drug-likeness (QED) is 0.870. The fraction of sp³-hybridized carbons (Fsp3) is 0.650. The van der Waals surface area contributed by atoms with Gasteiger partial charge >= 0.3 is 0 Å². The van der Waals surface area contributed by atoms with Gasteiger partial charge in [0.2, 0.25) is 5.91 Å². The van der Waals surface area contributed by atoms with Gasteiger partial charge in [-0.2, -0.15) is 0 Å². The van der Waals surface area contributed by atoms with Crippen LogP contribution in [0.2, 0.25) is 0 Å². The average molecular weight is 314 g/mol. The zero-order valence-electron chi connectivity index (χ0n) is 14.2. The van der Waals surface area contributed by atoms with Gasteiger partial charge in [0.1, 0.15) is 0 Å². The van der Waals surface area contributed by atoms with E-state index in [0.29, 0.717) is 11.8 Å². The Bertz CT molecular complexity index is 474. The highest BCUT2D eigenvalue weighted by Crippen LogP contribution is 2.27. The van der Waals surface area contributed by atoms with E-state index in [1.807, 2.05) is 0 Å². The first-order valence-corrected chi connectivity index (χ1v) is 9.32. The third-order valence-electron chi connectivity index (χ3n) is 5.49. The molecular weight excluding hydrogens is 284 g/mol.